The summed E-state index contributed by atoms with van der Waals surface area (Å²) in [7, 11) is 1.12. The smallest absolute Gasteiger partial charge is 0.416 e. The van der Waals surface area contributed by atoms with Crippen LogP contribution in [0.1, 0.15) is 24.1 Å². The minimum atomic E-state index is -1.75. The molecule has 172 valence electrons. The van der Waals surface area contributed by atoms with Crippen LogP contribution in [0.15, 0.2) is 52.7 Å². The average Bonchev–Trinajstić information content (AvgIpc) is 2.76. The van der Waals surface area contributed by atoms with Gasteiger partial charge < -0.3 is 9.84 Å². The molecule has 1 heterocycles. The lowest BCUT2D eigenvalue weighted by Gasteiger charge is -2.34. The standard InChI is InChI=1S/C21H16F3N3O6/c1-10-17(16(28)7-11-3-5-13(6-4-11)27(31)32)19(26(21(29)30)20(25-10)33-2)12-8-14(22)18(24)15(23)9-12/h3-6,8-9,19H,7H2,1-2H3,(H,29,30). The van der Waals surface area contributed by atoms with E-state index >= 15 is 0 Å². The molecule has 1 unspecified atom stereocenters. The quantitative estimate of drug-likeness (QED) is 0.404. The molecular formula is C21H16F3N3O6. The number of amides is 1. The number of rotatable bonds is 5. The van der Waals surface area contributed by atoms with Gasteiger partial charge >= 0.3 is 12.1 Å². The van der Waals surface area contributed by atoms with Crippen LogP contribution in [0.2, 0.25) is 0 Å². The highest BCUT2D eigenvalue weighted by Crippen LogP contribution is 2.37. The molecule has 1 N–H and O–H groups in total. The number of carbonyl (C=O) groups is 2. The van der Waals surface area contributed by atoms with E-state index in [-0.39, 0.29) is 28.9 Å². The molecule has 2 aromatic carbocycles. The fourth-order valence-electron chi connectivity index (χ4n) is 3.45. The van der Waals surface area contributed by atoms with Crippen molar-refractivity contribution < 1.29 is 37.5 Å². The summed E-state index contributed by atoms with van der Waals surface area (Å²) in [6.07, 6.45) is -1.96. The average molecular weight is 463 g/mol. The van der Waals surface area contributed by atoms with E-state index in [0.717, 1.165) is 7.11 Å². The van der Waals surface area contributed by atoms with Crippen molar-refractivity contribution in [2.24, 2.45) is 4.99 Å². The molecule has 2 aromatic rings. The number of ketones is 1. The number of benzene rings is 2. The molecule has 9 nitrogen and oxygen atoms in total. The van der Waals surface area contributed by atoms with Gasteiger partial charge in [0.15, 0.2) is 23.2 Å². The van der Waals surface area contributed by atoms with Crippen LogP contribution in [-0.2, 0) is 16.0 Å². The fraction of sp³-hybridized carbons (Fsp3) is 0.190. The molecule has 0 saturated carbocycles. The van der Waals surface area contributed by atoms with Gasteiger partial charge in [-0.25, -0.2) is 27.9 Å². The number of aliphatic imine (C=N–C) groups is 1. The topological polar surface area (TPSA) is 122 Å². The number of carbonyl (C=O) groups excluding carboxylic acids is 1. The second-order valence-electron chi connectivity index (χ2n) is 6.97. The highest BCUT2D eigenvalue weighted by atomic mass is 19.2. The molecule has 0 radical (unpaired) electrons. The van der Waals surface area contributed by atoms with Crippen molar-refractivity contribution in [3.63, 3.8) is 0 Å². The second kappa shape index (κ2) is 9.10. The summed E-state index contributed by atoms with van der Waals surface area (Å²) >= 11 is 0. The van der Waals surface area contributed by atoms with Crippen LogP contribution in [-0.4, -0.2) is 39.9 Å². The van der Waals surface area contributed by atoms with Gasteiger partial charge in [0.25, 0.3) is 5.69 Å². The Morgan fingerprint density at radius 2 is 1.76 bits per heavy atom. The lowest BCUT2D eigenvalue weighted by Crippen LogP contribution is -2.44. The third kappa shape index (κ3) is 4.54. The number of nitro groups is 1. The van der Waals surface area contributed by atoms with E-state index in [1.807, 2.05) is 0 Å². The highest BCUT2D eigenvalue weighted by molar-refractivity contribution is 6.03. The molecule has 0 bridgehead atoms. The van der Waals surface area contributed by atoms with Crippen LogP contribution < -0.4 is 0 Å². The number of hydrogen-bond acceptors (Lipinski definition) is 6. The van der Waals surface area contributed by atoms with Gasteiger partial charge in [-0.1, -0.05) is 12.1 Å². The van der Waals surface area contributed by atoms with E-state index in [1.54, 1.807) is 0 Å². The number of nitro benzene ring substituents is 1. The first-order valence-corrected chi connectivity index (χ1v) is 9.31. The molecule has 1 aliphatic heterocycles. The summed E-state index contributed by atoms with van der Waals surface area (Å²) in [6, 6.07) is 4.20. The van der Waals surface area contributed by atoms with E-state index in [0.29, 0.717) is 22.6 Å². The molecule has 12 heteroatoms. The molecular weight excluding hydrogens is 447 g/mol. The fourth-order valence-corrected chi connectivity index (χ4v) is 3.45. The normalized spacial score (nSPS) is 15.8. The van der Waals surface area contributed by atoms with Crippen LogP contribution >= 0.6 is 0 Å². The summed E-state index contributed by atoms with van der Waals surface area (Å²) in [5.41, 5.74) is -0.386. The molecule has 0 spiro atoms. The van der Waals surface area contributed by atoms with Gasteiger partial charge in [-0.3, -0.25) is 14.9 Å². The Kier molecular flexibility index (Phi) is 6.47. The highest BCUT2D eigenvalue weighted by Gasteiger charge is 2.40. The Balaban J connectivity index is 2.12. The minimum absolute atomic E-state index is 0.0198. The third-order valence-electron chi connectivity index (χ3n) is 4.91. The summed E-state index contributed by atoms with van der Waals surface area (Å²) in [4.78, 5) is 39.9. The lowest BCUT2D eigenvalue weighted by molar-refractivity contribution is -0.384. The zero-order valence-corrected chi connectivity index (χ0v) is 17.2. The maximum Gasteiger partial charge on any atom is 0.416 e. The van der Waals surface area contributed by atoms with Crippen molar-refractivity contribution in [3.05, 3.63) is 86.4 Å². The summed E-state index contributed by atoms with van der Waals surface area (Å²) in [5, 5.41) is 20.5. The first kappa shape index (κ1) is 23.4. The van der Waals surface area contributed by atoms with E-state index in [2.05, 4.69) is 4.99 Å². The molecule has 0 fully saturated rings. The van der Waals surface area contributed by atoms with E-state index < -0.39 is 46.3 Å². The van der Waals surface area contributed by atoms with Gasteiger partial charge in [0.2, 0.25) is 0 Å². The number of methoxy groups -OCH3 is 1. The monoisotopic (exact) mass is 463 g/mol. The number of hydrogen-bond donors (Lipinski definition) is 1. The van der Waals surface area contributed by atoms with Crippen molar-refractivity contribution in [2.75, 3.05) is 7.11 Å². The van der Waals surface area contributed by atoms with Gasteiger partial charge in [0.1, 0.15) is 6.04 Å². The van der Waals surface area contributed by atoms with Crippen molar-refractivity contribution in [1.82, 2.24) is 4.90 Å². The summed E-state index contributed by atoms with van der Waals surface area (Å²) in [5.74, 6) is -5.56. The van der Waals surface area contributed by atoms with Crippen molar-refractivity contribution >= 4 is 23.6 Å². The van der Waals surface area contributed by atoms with Crippen LogP contribution in [0.25, 0.3) is 0 Å². The van der Waals surface area contributed by atoms with Gasteiger partial charge in [-0.2, -0.15) is 0 Å². The molecule has 1 amide bonds. The largest absolute Gasteiger partial charge is 0.468 e. The molecule has 1 aliphatic rings. The maximum absolute atomic E-state index is 14.0. The van der Waals surface area contributed by atoms with Crippen molar-refractivity contribution in [2.45, 2.75) is 19.4 Å². The predicted molar refractivity (Wildman–Crippen MR) is 108 cm³/mol. The molecule has 3 rings (SSSR count). The molecule has 1 atom stereocenters. The van der Waals surface area contributed by atoms with Crippen molar-refractivity contribution in [3.8, 4) is 0 Å². The minimum Gasteiger partial charge on any atom is -0.468 e. The van der Waals surface area contributed by atoms with Crippen LogP contribution in [0.5, 0.6) is 0 Å². The Bertz CT molecular complexity index is 1190. The van der Waals surface area contributed by atoms with Crippen LogP contribution in [0, 0.1) is 27.6 Å². The Labute approximate surface area is 184 Å². The SMILES string of the molecule is COC1=NC(C)=C(C(=O)Cc2ccc([N+](=O)[O-])cc2)C(c2cc(F)c(F)c(F)c2)N1C(=O)O. The number of non-ortho nitro benzene ring substituents is 1. The number of carboxylic acid groups (broad SMARTS) is 1. The zero-order chi connectivity index (χ0) is 24.4. The molecule has 0 aliphatic carbocycles. The van der Waals surface area contributed by atoms with Gasteiger partial charge in [-0.05, 0) is 30.2 Å². The van der Waals surface area contributed by atoms with Gasteiger partial charge in [0, 0.05) is 24.1 Å². The Morgan fingerprint density at radius 1 is 1.18 bits per heavy atom. The van der Waals surface area contributed by atoms with Crippen molar-refractivity contribution in [1.29, 1.82) is 0 Å². The summed E-state index contributed by atoms with van der Waals surface area (Å²) < 4.78 is 46.5. The van der Waals surface area contributed by atoms with Gasteiger partial charge in [-0.15, -0.1) is 0 Å². The Hall–Kier alpha value is -4.22. The van der Waals surface area contributed by atoms with E-state index in [4.69, 9.17) is 4.74 Å². The molecule has 0 aromatic heterocycles. The van der Waals surface area contributed by atoms with Crippen LogP contribution in [0.4, 0.5) is 23.7 Å². The number of nitrogens with zero attached hydrogens (tertiary/aromatic N) is 3. The zero-order valence-electron chi connectivity index (χ0n) is 17.2. The first-order valence-electron chi connectivity index (χ1n) is 9.31. The third-order valence-corrected chi connectivity index (χ3v) is 4.91. The van der Waals surface area contributed by atoms with Crippen LogP contribution in [0.3, 0.4) is 0 Å². The number of ether oxygens (including phenoxy) is 1. The lowest BCUT2D eigenvalue weighted by atomic mass is 9.89. The number of allylic oxidation sites excluding steroid dienone is 1. The second-order valence-corrected chi connectivity index (χ2v) is 6.97. The number of halogens is 3. The number of amidine groups is 1. The molecule has 33 heavy (non-hydrogen) atoms. The molecule has 0 saturated heterocycles. The van der Waals surface area contributed by atoms with Gasteiger partial charge in [0.05, 0.1) is 17.7 Å². The first-order chi connectivity index (χ1) is 15.5. The van der Waals surface area contributed by atoms with E-state index in [9.17, 15) is 38.0 Å². The van der Waals surface area contributed by atoms with E-state index in [1.165, 1.54) is 31.2 Å². The maximum atomic E-state index is 14.0. The summed E-state index contributed by atoms with van der Waals surface area (Å²) in [6.45, 7) is 1.38. The number of Topliss-reactive ketones (excluding diaryl/α,β-unsaturated/α-hetero) is 1. The predicted octanol–water partition coefficient (Wildman–Crippen LogP) is 4.14. The Morgan fingerprint density at radius 3 is 2.24 bits per heavy atom.